The summed E-state index contributed by atoms with van der Waals surface area (Å²) >= 11 is 8.67. The average Bonchev–Trinajstić information content (AvgIpc) is 2.68. The van der Waals surface area contributed by atoms with Crippen LogP contribution in [0.4, 0.5) is 5.69 Å². The molecule has 7 heteroatoms. The minimum atomic E-state index is -0.377. The molecule has 0 radical (unpaired) electrons. The molecule has 0 aliphatic carbocycles. The number of Topliss-reactive ketones (excluding diaryl/α,β-unsaturated/α-hetero) is 1. The fourth-order valence-electron chi connectivity index (χ4n) is 2.58. The number of thiocarbonyl (C=S) groups is 1. The summed E-state index contributed by atoms with van der Waals surface area (Å²) in [5.41, 5.74) is 1.28. The Hall–Kier alpha value is -2.77. The van der Waals surface area contributed by atoms with E-state index in [1.54, 1.807) is 24.3 Å². The molecule has 0 bridgehead atoms. The van der Waals surface area contributed by atoms with E-state index in [2.05, 4.69) is 26.6 Å². The average molecular weight is 457 g/mol. The number of amides is 1. The number of hydrogen-bond donors (Lipinski definition) is 2. The van der Waals surface area contributed by atoms with Crippen molar-refractivity contribution in [3.8, 4) is 5.75 Å². The Morgan fingerprint density at radius 1 is 1.04 bits per heavy atom. The van der Waals surface area contributed by atoms with E-state index in [0.717, 1.165) is 15.2 Å². The maximum atomic E-state index is 12.1. The van der Waals surface area contributed by atoms with Crippen molar-refractivity contribution < 1.29 is 14.3 Å². The zero-order valence-corrected chi connectivity index (χ0v) is 17.4. The van der Waals surface area contributed by atoms with Crippen LogP contribution >= 0.6 is 28.1 Å². The van der Waals surface area contributed by atoms with Crippen molar-refractivity contribution in [3.05, 3.63) is 70.7 Å². The van der Waals surface area contributed by atoms with Crippen LogP contribution in [0.15, 0.2) is 65.1 Å². The molecule has 0 aliphatic rings. The lowest BCUT2D eigenvalue weighted by molar-refractivity contribution is -0.121. The predicted molar refractivity (Wildman–Crippen MR) is 118 cm³/mol. The molecule has 142 valence electrons. The van der Waals surface area contributed by atoms with Crippen LogP contribution in [-0.2, 0) is 4.79 Å². The molecule has 5 nitrogen and oxygen atoms in total. The fourth-order valence-corrected chi connectivity index (χ4v) is 3.42. The van der Waals surface area contributed by atoms with Crippen molar-refractivity contribution in [2.24, 2.45) is 0 Å². The Labute approximate surface area is 176 Å². The molecule has 0 fully saturated rings. The van der Waals surface area contributed by atoms with Gasteiger partial charge in [0.25, 0.3) is 5.91 Å². The highest BCUT2D eigenvalue weighted by Gasteiger charge is 2.10. The van der Waals surface area contributed by atoms with Crippen molar-refractivity contribution in [1.82, 2.24) is 5.32 Å². The van der Waals surface area contributed by atoms with Crippen molar-refractivity contribution in [3.63, 3.8) is 0 Å². The third-order valence-corrected chi connectivity index (χ3v) is 5.01. The third-order valence-electron chi connectivity index (χ3n) is 3.99. The molecule has 3 aromatic rings. The van der Waals surface area contributed by atoms with Crippen LogP contribution in [-0.4, -0.2) is 23.4 Å². The lowest BCUT2D eigenvalue weighted by atomic mass is 10.1. The molecule has 0 atom stereocenters. The van der Waals surface area contributed by atoms with Gasteiger partial charge in [0.15, 0.2) is 17.5 Å². The Bertz CT molecular complexity index is 1050. The topological polar surface area (TPSA) is 67.4 Å². The lowest BCUT2D eigenvalue weighted by Gasteiger charge is -2.12. The molecule has 3 aromatic carbocycles. The molecule has 0 saturated carbocycles. The van der Waals surface area contributed by atoms with Gasteiger partial charge in [0.2, 0.25) is 0 Å². The first-order valence-corrected chi connectivity index (χ1v) is 9.66. The third kappa shape index (κ3) is 4.94. The number of carbonyl (C=O) groups is 2. The van der Waals surface area contributed by atoms with E-state index in [1.807, 2.05) is 36.4 Å². The van der Waals surface area contributed by atoms with Gasteiger partial charge in [-0.25, -0.2) is 0 Å². The van der Waals surface area contributed by atoms with E-state index in [9.17, 15) is 9.59 Å². The van der Waals surface area contributed by atoms with E-state index < -0.39 is 0 Å². The van der Waals surface area contributed by atoms with Gasteiger partial charge in [0.1, 0.15) is 5.75 Å². The fraction of sp³-hybridized carbons (Fsp3) is 0.0952. The molecule has 0 spiro atoms. The van der Waals surface area contributed by atoms with Crippen LogP contribution in [0.1, 0.15) is 17.3 Å². The number of fused-ring (bicyclic) bond motifs is 1. The van der Waals surface area contributed by atoms with Gasteiger partial charge in [-0.2, -0.15) is 0 Å². The minimum absolute atomic E-state index is 0.0144. The molecule has 28 heavy (non-hydrogen) atoms. The maximum absolute atomic E-state index is 12.1. The summed E-state index contributed by atoms with van der Waals surface area (Å²) in [6.07, 6.45) is 0. The van der Waals surface area contributed by atoms with Crippen LogP contribution < -0.4 is 15.4 Å². The smallest absolute Gasteiger partial charge is 0.264 e. The summed E-state index contributed by atoms with van der Waals surface area (Å²) in [6, 6.07) is 18.4. The lowest BCUT2D eigenvalue weighted by Crippen LogP contribution is -2.37. The molecular formula is C21H17BrN2O3S. The normalized spacial score (nSPS) is 10.4. The van der Waals surface area contributed by atoms with Crippen molar-refractivity contribution in [2.45, 2.75) is 6.92 Å². The Balaban J connectivity index is 1.54. The summed E-state index contributed by atoms with van der Waals surface area (Å²) < 4.78 is 6.41. The van der Waals surface area contributed by atoms with Crippen molar-refractivity contribution in [2.75, 3.05) is 11.9 Å². The highest BCUT2D eigenvalue weighted by atomic mass is 79.9. The highest BCUT2D eigenvalue weighted by Crippen LogP contribution is 2.32. The first-order chi connectivity index (χ1) is 13.4. The van der Waals surface area contributed by atoms with Gasteiger partial charge in [0.05, 0.1) is 4.47 Å². The van der Waals surface area contributed by atoms with Gasteiger partial charge in [-0.3, -0.25) is 14.9 Å². The summed E-state index contributed by atoms with van der Waals surface area (Å²) in [4.78, 5) is 23.4. The Morgan fingerprint density at radius 3 is 2.46 bits per heavy atom. The van der Waals surface area contributed by atoms with Crippen LogP contribution in [0.2, 0.25) is 0 Å². The molecule has 0 heterocycles. The van der Waals surface area contributed by atoms with Gasteiger partial charge in [-0.15, -0.1) is 0 Å². The van der Waals surface area contributed by atoms with Gasteiger partial charge >= 0.3 is 0 Å². The van der Waals surface area contributed by atoms with E-state index >= 15 is 0 Å². The van der Waals surface area contributed by atoms with E-state index in [4.69, 9.17) is 17.0 Å². The number of nitrogens with one attached hydrogen (secondary N) is 2. The number of benzene rings is 3. The van der Waals surface area contributed by atoms with Crippen molar-refractivity contribution in [1.29, 1.82) is 0 Å². The SMILES string of the molecule is CC(=O)c1ccc(NC(=S)NC(=O)COc2ccc3ccccc3c2Br)cc1. The monoisotopic (exact) mass is 456 g/mol. The summed E-state index contributed by atoms with van der Waals surface area (Å²) in [7, 11) is 0. The zero-order chi connectivity index (χ0) is 20.1. The van der Waals surface area contributed by atoms with Crippen LogP contribution in [0.25, 0.3) is 10.8 Å². The number of ketones is 1. The van der Waals surface area contributed by atoms with Crippen molar-refractivity contribution >= 4 is 61.4 Å². The van der Waals surface area contributed by atoms with Gasteiger partial charge in [0, 0.05) is 11.3 Å². The number of carbonyl (C=O) groups excluding carboxylic acids is 2. The van der Waals surface area contributed by atoms with Gasteiger partial charge < -0.3 is 10.1 Å². The maximum Gasteiger partial charge on any atom is 0.264 e. The van der Waals surface area contributed by atoms with Gasteiger partial charge in [-0.05, 0) is 76.2 Å². The molecule has 0 aromatic heterocycles. The first kappa shape index (κ1) is 20.0. The summed E-state index contributed by atoms with van der Waals surface area (Å²) in [5.74, 6) is 0.185. The number of rotatable bonds is 5. The molecule has 0 unspecified atom stereocenters. The van der Waals surface area contributed by atoms with E-state index in [-0.39, 0.29) is 23.4 Å². The van der Waals surface area contributed by atoms with Gasteiger partial charge in [-0.1, -0.05) is 30.3 Å². The molecule has 0 aliphatic heterocycles. The molecule has 1 amide bonds. The highest BCUT2D eigenvalue weighted by molar-refractivity contribution is 9.10. The van der Waals surface area contributed by atoms with E-state index in [1.165, 1.54) is 6.92 Å². The largest absolute Gasteiger partial charge is 0.483 e. The zero-order valence-electron chi connectivity index (χ0n) is 15.0. The van der Waals surface area contributed by atoms with E-state index in [0.29, 0.717) is 17.0 Å². The second-order valence-electron chi connectivity index (χ2n) is 6.02. The summed E-state index contributed by atoms with van der Waals surface area (Å²) in [6.45, 7) is 1.32. The molecule has 0 saturated heterocycles. The first-order valence-electron chi connectivity index (χ1n) is 8.46. The number of hydrogen-bond acceptors (Lipinski definition) is 4. The molecular weight excluding hydrogens is 440 g/mol. The standard InChI is InChI=1S/C21H17BrN2O3S/c1-13(25)14-6-9-16(10-7-14)23-21(28)24-19(26)12-27-18-11-8-15-4-2-3-5-17(15)20(18)22/h2-11H,12H2,1H3,(H2,23,24,26,28). The number of anilines is 1. The second-order valence-corrected chi connectivity index (χ2v) is 7.22. The predicted octanol–water partition coefficient (Wildman–Crippen LogP) is 4.70. The second kappa shape index (κ2) is 8.95. The number of halogens is 1. The molecule has 2 N–H and O–H groups in total. The Kier molecular flexibility index (Phi) is 6.38. The quantitative estimate of drug-likeness (QED) is 0.430. The van der Waals surface area contributed by atoms with Crippen LogP contribution in [0.5, 0.6) is 5.75 Å². The Morgan fingerprint density at radius 2 is 1.75 bits per heavy atom. The minimum Gasteiger partial charge on any atom is -0.483 e. The molecule has 3 rings (SSSR count). The van der Waals surface area contributed by atoms with Crippen LogP contribution in [0.3, 0.4) is 0 Å². The van der Waals surface area contributed by atoms with Crippen LogP contribution in [0, 0.1) is 0 Å². The number of ether oxygens (including phenoxy) is 1. The summed E-state index contributed by atoms with van der Waals surface area (Å²) in [5, 5.41) is 7.70.